The van der Waals surface area contributed by atoms with Crippen LogP contribution in [0.15, 0.2) is 35.7 Å². The van der Waals surface area contributed by atoms with Gasteiger partial charge in [0.1, 0.15) is 11.7 Å². The first-order valence-electron chi connectivity index (χ1n) is 6.52. The summed E-state index contributed by atoms with van der Waals surface area (Å²) >= 11 is 7.33. The molecule has 1 aromatic carbocycles. The number of thiophene rings is 1. The van der Waals surface area contributed by atoms with E-state index in [0.717, 1.165) is 6.42 Å². The third-order valence-electron chi connectivity index (χ3n) is 3.17. The molecule has 0 amide bonds. The van der Waals surface area contributed by atoms with E-state index < -0.39 is 11.7 Å². The van der Waals surface area contributed by atoms with Crippen molar-refractivity contribution in [2.24, 2.45) is 0 Å². The molecule has 0 aliphatic heterocycles. The molecule has 2 nitrogen and oxygen atoms in total. The second-order valence-electron chi connectivity index (χ2n) is 4.60. The SMILES string of the molecule is N#CC(C(=O)CCCc1cccs1)c1cccc(Cl)c1F. The van der Waals surface area contributed by atoms with Crippen LogP contribution in [0.3, 0.4) is 0 Å². The fraction of sp³-hybridized carbons (Fsp3) is 0.250. The topological polar surface area (TPSA) is 40.9 Å². The van der Waals surface area contributed by atoms with Crippen LogP contribution in [-0.4, -0.2) is 5.78 Å². The molecule has 2 rings (SSSR count). The lowest BCUT2D eigenvalue weighted by atomic mass is 9.92. The zero-order valence-corrected chi connectivity index (χ0v) is 12.8. The molecule has 108 valence electrons. The Labute approximate surface area is 131 Å². The van der Waals surface area contributed by atoms with Gasteiger partial charge in [-0.1, -0.05) is 29.8 Å². The maximum Gasteiger partial charge on any atom is 0.154 e. The van der Waals surface area contributed by atoms with Crippen molar-refractivity contribution in [1.29, 1.82) is 5.26 Å². The number of ketones is 1. The van der Waals surface area contributed by atoms with Crippen molar-refractivity contribution >= 4 is 28.7 Å². The predicted octanol–water partition coefficient (Wildman–Crippen LogP) is 4.74. The molecular formula is C16H13ClFNOS. The Morgan fingerprint density at radius 1 is 1.38 bits per heavy atom. The van der Waals surface area contributed by atoms with Crippen molar-refractivity contribution in [3.8, 4) is 6.07 Å². The third-order valence-corrected chi connectivity index (χ3v) is 4.40. The average molecular weight is 322 g/mol. The van der Waals surface area contributed by atoms with Gasteiger partial charge in [-0.2, -0.15) is 5.26 Å². The minimum atomic E-state index is -1.09. The van der Waals surface area contributed by atoms with Crippen molar-refractivity contribution in [3.05, 3.63) is 57.0 Å². The molecular weight excluding hydrogens is 309 g/mol. The van der Waals surface area contributed by atoms with Crippen LogP contribution in [0.4, 0.5) is 4.39 Å². The van der Waals surface area contributed by atoms with Crippen molar-refractivity contribution < 1.29 is 9.18 Å². The highest BCUT2D eigenvalue weighted by Crippen LogP contribution is 2.26. The van der Waals surface area contributed by atoms with Gasteiger partial charge < -0.3 is 0 Å². The molecule has 1 heterocycles. The number of carbonyl (C=O) groups excluding carboxylic acids is 1. The first-order valence-corrected chi connectivity index (χ1v) is 7.78. The number of halogens is 2. The molecule has 2 aromatic rings. The van der Waals surface area contributed by atoms with E-state index in [0.29, 0.717) is 6.42 Å². The summed E-state index contributed by atoms with van der Waals surface area (Å²) in [6.07, 6.45) is 1.70. The summed E-state index contributed by atoms with van der Waals surface area (Å²) in [6, 6.07) is 10.2. The standard InChI is InChI=1S/C16H13ClFNOS/c17-14-7-2-6-12(16(14)18)13(10-19)15(20)8-1-4-11-5-3-9-21-11/h2-3,5-7,9,13H,1,4,8H2. The van der Waals surface area contributed by atoms with Gasteiger partial charge in [0.05, 0.1) is 11.1 Å². The van der Waals surface area contributed by atoms with E-state index in [1.165, 1.54) is 17.0 Å². The molecule has 0 saturated carbocycles. The molecule has 21 heavy (non-hydrogen) atoms. The van der Waals surface area contributed by atoms with Crippen LogP contribution >= 0.6 is 22.9 Å². The van der Waals surface area contributed by atoms with Gasteiger partial charge >= 0.3 is 0 Å². The summed E-state index contributed by atoms with van der Waals surface area (Å²) in [7, 11) is 0. The first-order chi connectivity index (χ1) is 10.1. The van der Waals surface area contributed by atoms with Gasteiger partial charge in [0.2, 0.25) is 0 Å². The zero-order valence-electron chi connectivity index (χ0n) is 11.2. The minimum absolute atomic E-state index is 0.0612. The Hall–Kier alpha value is -1.70. The number of rotatable bonds is 6. The highest BCUT2D eigenvalue weighted by atomic mass is 35.5. The summed E-state index contributed by atoms with van der Waals surface area (Å²) in [6.45, 7) is 0. The van der Waals surface area contributed by atoms with E-state index in [4.69, 9.17) is 16.9 Å². The number of hydrogen-bond acceptors (Lipinski definition) is 3. The van der Waals surface area contributed by atoms with E-state index in [1.54, 1.807) is 17.4 Å². The number of carbonyl (C=O) groups is 1. The van der Waals surface area contributed by atoms with Crippen molar-refractivity contribution in [3.63, 3.8) is 0 Å². The highest BCUT2D eigenvalue weighted by Gasteiger charge is 2.23. The molecule has 0 aliphatic rings. The quantitative estimate of drug-likeness (QED) is 0.771. The zero-order chi connectivity index (χ0) is 15.2. The maximum absolute atomic E-state index is 13.9. The Balaban J connectivity index is 2.02. The molecule has 0 radical (unpaired) electrons. The molecule has 0 spiro atoms. The summed E-state index contributed by atoms with van der Waals surface area (Å²) in [5, 5.41) is 11.1. The number of nitriles is 1. The molecule has 0 N–H and O–H groups in total. The molecule has 1 aromatic heterocycles. The number of aryl methyl sites for hydroxylation is 1. The largest absolute Gasteiger partial charge is 0.298 e. The lowest BCUT2D eigenvalue weighted by molar-refractivity contribution is -0.119. The summed E-state index contributed by atoms with van der Waals surface area (Å²) in [4.78, 5) is 13.3. The highest BCUT2D eigenvalue weighted by molar-refractivity contribution is 7.09. The molecule has 0 aliphatic carbocycles. The Kier molecular flexibility index (Phi) is 5.49. The minimum Gasteiger partial charge on any atom is -0.298 e. The van der Waals surface area contributed by atoms with Gasteiger partial charge in [0.15, 0.2) is 5.78 Å². The van der Waals surface area contributed by atoms with Crippen LogP contribution in [0, 0.1) is 17.1 Å². The van der Waals surface area contributed by atoms with E-state index in [-0.39, 0.29) is 22.8 Å². The van der Waals surface area contributed by atoms with E-state index in [9.17, 15) is 9.18 Å². The van der Waals surface area contributed by atoms with Crippen molar-refractivity contribution in [1.82, 2.24) is 0 Å². The van der Waals surface area contributed by atoms with Crippen LogP contribution in [0.5, 0.6) is 0 Å². The maximum atomic E-state index is 13.9. The Morgan fingerprint density at radius 3 is 2.86 bits per heavy atom. The van der Waals surface area contributed by atoms with Gasteiger partial charge in [-0.05, 0) is 30.4 Å². The molecule has 0 saturated heterocycles. The van der Waals surface area contributed by atoms with E-state index in [2.05, 4.69) is 0 Å². The summed E-state index contributed by atoms with van der Waals surface area (Å²) in [5.74, 6) is -2.04. The second-order valence-corrected chi connectivity index (χ2v) is 6.04. The number of benzene rings is 1. The van der Waals surface area contributed by atoms with E-state index in [1.807, 2.05) is 23.6 Å². The Morgan fingerprint density at radius 2 is 2.19 bits per heavy atom. The van der Waals surface area contributed by atoms with Crippen molar-refractivity contribution in [2.75, 3.05) is 0 Å². The predicted molar refractivity (Wildman–Crippen MR) is 82.0 cm³/mol. The molecule has 0 fully saturated rings. The number of nitrogens with zero attached hydrogens (tertiary/aromatic N) is 1. The average Bonchev–Trinajstić information content (AvgIpc) is 2.97. The lowest BCUT2D eigenvalue weighted by Gasteiger charge is -2.10. The molecule has 5 heteroatoms. The normalized spacial score (nSPS) is 11.9. The molecule has 0 bridgehead atoms. The molecule has 1 atom stereocenters. The van der Waals surface area contributed by atoms with Crippen LogP contribution in [0.1, 0.15) is 29.2 Å². The summed E-state index contributed by atoms with van der Waals surface area (Å²) in [5.41, 5.74) is 0.0612. The van der Waals surface area contributed by atoms with Crippen LogP contribution < -0.4 is 0 Å². The fourth-order valence-corrected chi connectivity index (χ4v) is 3.03. The first kappa shape index (κ1) is 15.7. The number of Topliss-reactive ketones (excluding diaryl/α,β-unsaturated/α-hetero) is 1. The monoisotopic (exact) mass is 321 g/mol. The lowest BCUT2D eigenvalue weighted by Crippen LogP contribution is -2.12. The van der Waals surface area contributed by atoms with Crippen LogP contribution in [-0.2, 0) is 11.2 Å². The fourth-order valence-electron chi connectivity index (χ4n) is 2.09. The van der Waals surface area contributed by atoms with Gasteiger partial charge in [0, 0.05) is 16.9 Å². The van der Waals surface area contributed by atoms with Crippen LogP contribution in [0.2, 0.25) is 5.02 Å². The third kappa shape index (κ3) is 3.90. The second kappa shape index (κ2) is 7.35. The number of hydrogen-bond donors (Lipinski definition) is 0. The smallest absolute Gasteiger partial charge is 0.154 e. The van der Waals surface area contributed by atoms with Crippen molar-refractivity contribution in [2.45, 2.75) is 25.2 Å². The molecule has 1 unspecified atom stereocenters. The summed E-state index contributed by atoms with van der Waals surface area (Å²) < 4.78 is 13.9. The Bertz CT molecular complexity index is 663. The van der Waals surface area contributed by atoms with Gasteiger partial charge in [-0.25, -0.2) is 4.39 Å². The van der Waals surface area contributed by atoms with Gasteiger partial charge in [0.25, 0.3) is 0 Å². The van der Waals surface area contributed by atoms with Gasteiger partial charge in [-0.15, -0.1) is 11.3 Å². The van der Waals surface area contributed by atoms with Crippen LogP contribution in [0.25, 0.3) is 0 Å². The van der Waals surface area contributed by atoms with Gasteiger partial charge in [-0.3, -0.25) is 4.79 Å². The van der Waals surface area contributed by atoms with E-state index >= 15 is 0 Å².